The molecular formula is C17H24BrNO. The van der Waals surface area contributed by atoms with Crippen LogP contribution in [0.3, 0.4) is 0 Å². The van der Waals surface area contributed by atoms with Crippen LogP contribution < -0.4 is 5.32 Å². The molecule has 0 saturated carbocycles. The number of amides is 1. The molecule has 0 unspecified atom stereocenters. The summed E-state index contributed by atoms with van der Waals surface area (Å²) in [5, 5.41) is 2.99. The normalized spacial score (nSPS) is 12.6. The van der Waals surface area contributed by atoms with E-state index in [1.165, 1.54) is 19.3 Å². The molecule has 20 heavy (non-hydrogen) atoms. The van der Waals surface area contributed by atoms with E-state index in [1.54, 1.807) is 6.08 Å². The quantitative estimate of drug-likeness (QED) is 0.678. The first-order chi connectivity index (χ1) is 9.65. The average Bonchev–Trinajstić information content (AvgIpc) is 2.47. The molecule has 0 heterocycles. The first kappa shape index (κ1) is 17.0. The topological polar surface area (TPSA) is 29.1 Å². The lowest BCUT2D eigenvalue weighted by Gasteiger charge is -2.14. The SMILES string of the molecule is CCCC[C@@H](CC)CNC(=O)/C=C\c1ccc(Br)cc1. The van der Waals surface area contributed by atoms with Gasteiger partial charge in [0.25, 0.3) is 0 Å². The number of carbonyl (C=O) groups excluding carboxylic acids is 1. The Labute approximate surface area is 130 Å². The molecule has 2 nitrogen and oxygen atoms in total. The van der Waals surface area contributed by atoms with E-state index in [2.05, 4.69) is 35.1 Å². The van der Waals surface area contributed by atoms with Crippen molar-refractivity contribution >= 4 is 27.9 Å². The van der Waals surface area contributed by atoms with E-state index < -0.39 is 0 Å². The molecule has 1 aromatic rings. The highest BCUT2D eigenvalue weighted by Crippen LogP contribution is 2.12. The van der Waals surface area contributed by atoms with Gasteiger partial charge in [0.05, 0.1) is 0 Å². The van der Waals surface area contributed by atoms with Crippen LogP contribution in [0.1, 0.15) is 45.1 Å². The van der Waals surface area contributed by atoms with Crippen LogP contribution in [-0.4, -0.2) is 12.5 Å². The fraction of sp³-hybridized carbons (Fsp3) is 0.471. The lowest BCUT2D eigenvalue weighted by Crippen LogP contribution is -2.27. The Balaban J connectivity index is 2.37. The minimum Gasteiger partial charge on any atom is -0.352 e. The van der Waals surface area contributed by atoms with E-state index in [0.29, 0.717) is 5.92 Å². The first-order valence-corrected chi connectivity index (χ1v) is 8.16. The monoisotopic (exact) mass is 337 g/mol. The number of rotatable bonds is 8. The van der Waals surface area contributed by atoms with Gasteiger partial charge in [-0.3, -0.25) is 4.79 Å². The van der Waals surface area contributed by atoms with Crippen molar-refractivity contribution in [2.45, 2.75) is 39.5 Å². The highest BCUT2D eigenvalue weighted by molar-refractivity contribution is 9.10. The number of unbranched alkanes of at least 4 members (excludes halogenated alkanes) is 1. The molecule has 0 aliphatic carbocycles. The fourth-order valence-corrected chi connectivity index (χ4v) is 2.26. The van der Waals surface area contributed by atoms with E-state index in [-0.39, 0.29) is 5.91 Å². The molecule has 1 aromatic carbocycles. The smallest absolute Gasteiger partial charge is 0.244 e. The molecule has 110 valence electrons. The van der Waals surface area contributed by atoms with Gasteiger partial charge in [-0.1, -0.05) is 61.2 Å². The molecule has 0 radical (unpaired) electrons. The van der Waals surface area contributed by atoms with Crippen molar-refractivity contribution in [1.82, 2.24) is 5.32 Å². The Bertz CT molecular complexity index is 425. The van der Waals surface area contributed by atoms with Gasteiger partial charge < -0.3 is 5.32 Å². The minimum absolute atomic E-state index is 0.0112. The fourth-order valence-electron chi connectivity index (χ4n) is 1.99. The van der Waals surface area contributed by atoms with Crippen molar-refractivity contribution in [3.05, 3.63) is 40.4 Å². The van der Waals surface area contributed by atoms with Crippen molar-refractivity contribution in [3.63, 3.8) is 0 Å². The van der Waals surface area contributed by atoms with Crippen LogP contribution in [0.25, 0.3) is 6.08 Å². The van der Waals surface area contributed by atoms with Gasteiger partial charge >= 0.3 is 0 Å². The number of carbonyl (C=O) groups is 1. The van der Waals surface area contributed by atoms with Crippen LogP contribution >= 0.6 is 15.9 Å². The molecule has 1 atom stereocenters. The Morgan fingerprint density at radius 2 is 2.00 bits per heavy atom. The van der Waals surface area contributed by atoms with Gasteiger partial charge in [0.1, 0.15) is 0 Å². The van der Waals surface area contributed by atoms with Gasteiger partial charge in [0.2, 0.25) is 5.91 Å². The maximum absolute atomic E-state index is 11.8. The number of hydrogen-bond acceptors (Lipinski definition) is 1. The molecule has 0 spiro atoms. The Kier molecular flexibility index (Phi) is 8.28. The summed E-state index contributed by atoms with van der Waals surface area (Å²) in [5.74, 6) is 0.586. The molecule has 0 saturated heterocycles. The maximum Gasteiger partial charge on any atom is 0.244 e. The summed E-state index contributed by atoms with van der Waals surface area (Å²) in [7, 11) is 0. The number of hydrogen-bond donors (Lipinski definition) is 1. The maximum atomic E-state index is 11.8. The third-order valence-corrected chi connectivity index (χ3v) is 3.93. The number of nitrogens with one attached hydrogen (secondary N) is 1. The van der Waals surface area contributed by atoms with Crippen molar-refractivity contribution in [2.24, 2.45) is 5.92 Å². The average molecular weight is 338 g/mol. The molecule has 3 heteroatoms. The van der Waals surface area contributed by atoms with Crippen LogP contribution in [0.2, 0.25) is 0 Å². The lowest BCUT2D eigenvalue weighted by molar-refractivity contribution is -0.116. The predicted molar refractivity (Wildman–Crippen MR) is 89.5 cm³/mol. The zero-order chi connectivity index (χ0) is 14.8. The summed E-state index contributed by atoms with van der Waals surface area (Å²) in [4.78, 5) is 11.8. The first-order valence-electron chi connectivity index (χ1n) is 7.37. The Morgan fingerprint density at radius 1 is 1.30 bits per heavy atom. The second-order valence-corrected chi connectivity index (χ2v) is 5.96. The molecule has 1 N–H and O–H groups in total. The van der Waals surface area contributed by atoms with Gasteiger partial charge in [-0.25, -0.2) is 0 Å². The van der Waals surface area contributed by atoms with Gasteiger partial charge in [-0.2, -0.15) is 0 Å². The van der Waals surface area contributed by atoms with E-state index in [1.807, 2.05) is 30.3 Å². The number of halogens is 1. The highest BCUT2D eigenvalue weighted by atomic mass is 79.9. The zero-order valence-electron chi connectivity index (χ0n) is 12.4. The van der Waals surface area contributed by atoms with Gasteiger partial charge in [-0.15, -0.1) is 0 Å². The van der Waals surface area contributed by atoms with E-state index in [9.17, 15) is 4.79 Å². The summed E-state index contributed by atoms with van der Waals surface area (Å²) < 4.78 is 1.04. The van der Waals surface area contributed by atoms with Crippen molar-refractivity contribution < 1.29 is 4.79 Å². The van der Waals surface area contributed by atoms with Crippen molar-refractivity contribution in [2.75, 3.05) is 6.54 Å². The van der Waals surface area contributed by atoms with Crippen molar-refractivity contribution in [1.29, 1.82) is 0 Å². The van der Waals surface area contributed by atoms with Crippen LogP contribution in [0, 0.1) is 5.92 Å². The molecular weight excluding hydrogens is 314 g/mol. The largest absolute Gasteiger partial charge is 0.352 e. The predicted octanol–water partition coefficient (Wildman–Crippen LogP) is 4.79. The van der Waals surface area contributed by atoms with Crippen LogP contribution in [-0.2, 0) is 4.79 Å². The third-order valence-electron chi connectivity index (χ3n) is 3.41. The Hall–Kier alpha value is -1.09. The second kappa shape index (κ2) is 9.76. The van der Waals surface area contributed by atoms with Gasteiger partial charge in [0.15, 0.2) is 0 Å². The summed E-state index contributed by atoms with van der Waals surface area (Å²) in [6.45, 7) is 5.16. The zero-order valence-corrected chi connectivity index (χ0v) is 13.9. The molecule has 0 aliphatic rings. The molecule has 0 bridgehead atoms. The minimum atomic E-state index is -0.0112. The Morgan fingerprint density at radius 3 is 2.60 bits per heavy atom. The molecule has 1 amide bonds. The summed E-state index contributed by atoms with van der Waals surface area (Å²) in [6, 6.07) is 7.89. The molecule has 0 aliphatic heterocycles. The summed E-state index contributed by atoms with van der Waals surface area (Å²) in [6.07, 6.45) is 8.22. The van der Waals surface area contributed by atoms with Gasteiger partial charge in [-0.05, 0) is 36.1 Å². The van der Waals surface area contributed by atoms with Crippen LogP contribution in [0.5, 0.6) is 0 Å². The van der Waals surface area contributed by atoms with Gasteiger partial charge in [0, 0.05) is 17.1 Å². The molecule has 0 fully saturated rings. The summed E-state index contributed by atoms with van der Waals surface area (Å²) >= 11 is 3.39. The summed E-state index contributed by atoms with van der Waals surface area (Å²) in [5.41, 5.74) is 1.03. The molecule has 1 rings (SSSR count). The van der Waals surface area contributed by atoms with Crippen LogP contribution in [0.15, 0.2) is 34.8 Å². The van der Waals surface area contributed by atoms with Crippen LogP contribution in [0.4, 0.5) is 0 Å². The second-order valence-electron chi connectivity index (χ2n) is 5.05. The lowest BCUT2D eigenvalue weighted by atomic mass is 9.99. The standard InChI is InChI=1S/C17H24BrNO/c1-3-5-6-14(4-2)13-19-17(20)12-9-15-7-10-16(18)11-8-15/h7-12,14H,3-6,13H2,1-2H3,(H,19,20)/b12-9-/t14-/m1/s1. The van der Waals surface area contributed by atoms with E-state index in [0.717, 1.165) is 23.0 Å². The van der Waals surface area contributed by atoms with Crippen molar-refractivity contribution in [3.8, 4) is 0 Å². The highest BCUT2D eigenvalue weighted by Gasteiger charge is 2.06. The molecule has 0 aromatic heterocycles. The van der Waals surface area contributed by atoms with E-state index in [4.69, 9.17) is 0 Å². The third kappa shape index (κ3) is 6.90. The van der Waals surface area contributed by atoms with E-state index >= 15 is 0 Å². The number of benzene rings is 1.